The molecule has 1 amide bonds. The smallest absolute Gasteiger partial charge is 0.278 e. The number of anilines is 1. The Bertz CT molecular complexity index is 2370. The van der Waals surface area contributed by atoms with E-state index < -0.39 is 11.6 Å². The number of rotatable bonds is 6. The van der Waals surface area contributed by atoms with Gasteiger partial charge in [0, 0.05) is 41.9 Å². The lowest BCUT2D eigenvalue weighted by molar-refractivity contribution is -0.0712. The summed E-state index contributed by atoms with van der Waals surface area (Å²) in [5.41, 5.74) is 7.43. The van der Waals surface area contributed by atoms with Crippen molar-refractivity contribution in [3.05, 3.63) is 112 Å². The summed E-state index contributed by atoms with van der Waals surface area (Å²) < 4.78 is 29.6. The standard InChI is InChI=1S/C39H36FN7O3/c1-22-16-27(19-29-23(2)44-45-36(22)29)42-38(48)26-9-11-33-32(18-26)43-35(46(33)4)21-47-14-12-25(13-15-47)28-6-5-7-34-37(28)50-39(3,49-34)30-10-8-24(20-41)17-31(30)40/h5-11,16-19,25H,12-15,21H2,1-4H3,(H,42,48)(H,44,45). The van der Waals surface area contributed by atoms with Crippen LogP contribution in [0.2, 0.25) is 0 Å². The van der Waals surface area contributed by atoms with Gasteiger partial charge in [-0.3, -0.25) is 14.8 Å². The fourth-order valence-electron chi connectivity index (χ4n) is 7.36. The molecule has 0 aliphatic carbocycles. The molecule has 10 nitrogen and oxygen atoms in total. The van der Waals surface area contributed by atoms with Gasteiger partial charge in [-0.15, -0.1) is 0 Å². The van der Waals surface area contributed by atoms with E-state index in [4.69, 9.17) is 19.7 Å². The van der Waals surface area contributed by atoms with Crippen LogP contribution < -0.4 is 14.8 Å². The number of hydrogen-bond donors (Lipinski definition) is 2. The number of para-hydroxylation sites is 1. The Hall–Kier alpha value is -5.73. The summed E-state index contributed by atoms with van der Waals surface area (Å²) in [5, 5.41) is 20.6. The summed E-state index contributed by atoms with van der Waals surface area (Å²) in [6, 6.07) is 21.7. The van der Waals surface area contributed by atoms with E-state index in [0.717, 1.165) is 76.2 Å². The fourth-order valence-corrected chi connectivity index (χ4v) is 7.36. The van der Waals surface area contributed by atoms with Gasteiger partial charge in [-0.2, -0.15) is 10.4 Å². The number of likely N-dealkylation sites (tertiary alicyclic amines) is 1. The Labute approximate surface area is 288 Å². The third-order valence-electron chi connectivity index (χ3n) is 10.1. The number of ether oxygens (including phenoxy) is 2. The molecule has 2 aliphatic rings. The monoisotopic (exact) mass is 669 g/mol. The highest BCUT2D eigenvalue weighted by Gasteiger charge is 2.43. The number of amides is 1. The van der Waals surface area contributed by atoms with Gasteiger partial charge in [0.25, 0.3) is 11.7 Å². The number of nitrogens with one attached hydrogen (secondary N) is 2. The first kappa shape index (κ1) is 31.5. The average Bonchev–Trinajstić information content (AvgIpc) is 3.76. The molecule has 6 aromatic rings. The van der Waals surface area contributed by atoms with Crippen LogP contribution in [0.5, 0.6) is 11.5 Å². The van der Waals surface area contributed by atoms with Crippen LogP contribution in [0.25, 0.3) is 21.9 Å². The Morgan fingerprint density at radius 1 is 1.10 bits per heavy atom. The summed E-state index contributed by atoms with van der Waals surface area (Å²) in [6.07, 6.45) is 1.83. The predicted molar refractivity (Wildman–Crippen MR) is 188 cm³/mol. The molecule has 252 valence electrons. The summed E-state index contributed by atoms with van der Waals surface area (Å²) in [6.45, 7) is 8.08. The minimum absolute atomic E-state index is 0.190. The maximum absolute atomic E-state index is 15.0. The number of fused-ring (bicyclic) bond motifs is 3. The highest BCUT2D eigenvalue weighted by Crippen LogP contribution is 2.49. The van der Waals surface area contributed by atoms with Gasteiger partial charge in [0.2, 0.25) is 0 Å². The number of aromatic nitrogens is 4. The number of aryl methyl sites for hydroxylation is 3. The van der Waals surface area contributed by atoms with Crippen LogP contribution in [-0.2, 0) is 19.4 Å². The van der Waals surface area contributed by atoms with E-state index in [1.54, 1.807) is 19.1 Å². The average molecular weight is 670 g/mol. The first-order chi connectivity index (χ1) is 24.1. The second kappa shape index (κ2) is 12.0. The van der Waals surface area contributed by atoms with Gasteiger partial charge in [0.15, 0.2) is 11.5 Å². The normalized spacial score (nSPS) is 17.8. The summed E-state index contributed by atoms with van der Waals surface area (Å²) in [4.78, 5) is 20.6. The van der Waals surface area contributed by atoms with Gasteiger partial charge >= 0.3 is 0 Å². The van der Waals surface area contributed by atoms with Gasteiger partial charge in [-0.25, -0.2) is 9.37 Å². The molecule has 4 heterocycles. The first-order valence-corrected chi connectivity index (χ1v) is 16.8. The van der Waals surface area contributed by atoms with E-state index in [1.165, 1.54) is 6.07 Å². The molecule has 0 spiro atoms. The Morgan fingerprint density at radius 2 is 1.92 bits per heavy atom. The molecule has 4 aromatic carbocycles. The zero-order valence-electron chi connectivity index (χ0n) is 28.3. The Kier molecular flexibility index (Phi) is 7.57. The largest absolute Gasteiger partial charge is 0.444 e. The van der Waals surface area contributed by atoms with Crippen molar-refractivity contribution in [1.29, 1.82) is 5.26 Å². The minimum Gasteiger partial charge on any atom is -0.444 e. The van der Waals surface area contributed by atoms with Crippen molar-refractivity contribution in [3.63, 3.8) is 0 Å². The third-order valence-corrected chi connectivity index (χ3v) is 10.1. The number of piperidine rings is 1. The van der Waals surface area contributed by atoms with Crippen molar-refractivity contribution < 1.29 is 18.7 Å². The summed E-state index contributed by atoms with van der Waals surface area (Å²) in [7, 11) is 2.01. The van der Waals surface area contributed by atoms with Crippen molar-refractivity contribution >= 4 is 33.5 Å². The van der Waals surface area contributed by atoms with Crippen LogP contribution in [0.4, 0.5) is 10.1 Å². The van der Waals surface area contributed by atoms with E-state index >= 15 is 0 Å². The highest BCUT2D eigenvalue weighted by atomic mass is 19.1. The summed E-state index contributed by atoms with van der Waals surface area (Å²) >= 11 is 0. The molecule has 2 N–H and O–H groups in total. The Morgan fingerprint density at radius 3 is 2.70 bits per heavy atom. The van der Waals surface area contributed by atoms with E-state index in [1.807, 2.05) is 69.4 Å². The van der Waals surface area contributed by atoms with E-state index in [-0.39, 0.29) is 23.0 Å². The van der Waals surface area contributed by atoms with Crippen molar-refractivity contribution in [2.24, 2.45) is 7.05 Å². The number of aromatic amines is 1. The highest BCUT2D eigenvalue weighted by molar-refractivity contribution is 6.07. The van der Waals surface area contributed by atoms with E-state index in [2.05, 4.69) is 31.0 Å². The lowest BCUT2D eigenvalue weighted by Crippen LogP contribution is -2.34. The van der Waals surface area contributed by atoms with E-state index in [0.29, 0.717) is 23.6 Å². The molecule has 2 aromatic heterocycles. The predicted octanol–water partition coefficient (Wildman–Crippen LogP) is 7.35. The number of hydrogen-bond acceptors (Lipinski definition) is 7. The van der Waals surface area contributed by atoms with Gasteiger partial charge in [0.1, 0.15) is 11.6 Å². The van der Waals surface area contributed by atoms with E-state index in [9.17, 15) is 9.18 Å². The molecule has 8 rings (SSSR count). The van der Waals surface area contributed by atoms with Crippen molar-refractivity contribution in [1.82, 2.24) is 24.6 Å². The maximum atomic E-state index is 15.0. The van der Waals surface area contributed by atoms with Crippen molar-refractivity contribution in [2.45, 2.75) is 51.9 Å². The number of H-pyrrole nitrogens is 1. The summed E-state index contributed by atoms with van der Waals surface area (Å²) in [5.74, 6) is 0.374. The zero-order chi connectivity index (χ0) is 34.7. The lowest BCUT2D eigenvalue weighted by Gasteiger charge is -2.32. The molecule has 2 aliphatic heterocycles. The maximum Gasteiger partial charge on any atom is 0.278 e. The van der Waals surface area contributed by atoms with Crippen LogP contribution in [0.15, 0.2) is 66.7 Å². The third kappa shape index (κ3) is 5.42. The topological polar surface area (TPSA) is 121 Å². The Balaban J connectivity index is 0.938. The molecular formula is C39H36FN7O3. The molecule has 0 bridgehead atoms. The zero-order valence-corrected chi connectivity index (χ0v) is 28.3. The second-order valence-electron chi connectivity index (χ2n) is 13.5. The number of nitrogens with zero attached hydrogens (tertiary/aromatic N) is 5. The van der Waals surface area contributed by atoms with Crippen LogP contribution >= 0.6 is 0 Å². The number of imidazole rings is 1. The van der Waals surface area contributed by atoms with Crippen LogP contribution in [0.3, 0.4) is 0 Å². The number of benzene rings is 4. The fraction of sp³-hybridized carbons (Fsp3) is 0.282. The van der Waals surface area contributed by atoms with Gasteiger partial charge < -0.3 is 19.4 Å². The van der Waals surface area contributed by atoms with Crippen LogP contribution in [-0.4, -0.2) is 43.6 Å². The van der Waals surface area contributed by atoms with Crippen molar-refractivity contribution in [2.75, 3.05) is 18.4 Å². The molecule has 0 saturated carbocycles. The molecule has 50 heavy (non-hydrogen) atoms. The minimum atomic E-state index is -1.33. The van der Waals surface area contributed by atoms with Crippen LogP contribution in [0, 0.1) is 31.0 Å². The van der Waals surface area contributed by atoms with Gasteiger partial charge in [-0.05, 0) is 106 Å². The van der Waals surface area contributed by atoms with Gasteiger partial charge in [0.05, 0.1) is 40.3 Å². The molecular weight excluding hydrogens is 633 g/mol. The first-order valence-electron chi connectivity index (χ1n) is 16.8. The number of nitriles is 1. The molecule has 1 saturated heterocycles. The lowest BCUT2D eigenvalue weighted by atomic mass is 9.88. The quantitative estimate of drug-likeness (QED) is 0.190. The molecule has 1 unspecified atom stereocenters. The molecule has 11 heteroatoms. The molecule has 0 radical (unpaired) electrons. The second-order valence-corrected chi connectivity index (χ2v) is 13.5. The van der Waals surface area contributed by atoms with Crippen LogP contribution in [0.1, 0.15) is 69.8 Å². The molecule has 1 fully saturated rings. The van der Waals surface area contributed by atoms with Crippen molar-refractivity contribution in [3.8, 4) is 17.6 Å². The molecule has 1 atom stereocenters. The number of halogens is 1. The number of carbonyl (C=O) groups excluding carboxylic acids is 1. The van der Waals surface area contributed by atoms with Gasteiger partial charge in [-0.1, -0.05) is 12.1 Å². The SMILES string of the molecule is Cc1[nH]nc2c(C)cc(NC(=O)c3ccc4c(c3)nc(CN3CCC(c5cccc6c5OC(C)(c5ccc(C#N)cc5F)O6)CC3)n4C)cc12. The number of carbonyl (C=O) groups is 1.